The molecule has 19 heavy (non-hydrogen) atoms. The number of carboxylic acids is 1. The zero-order valence-electron chi connectivity index (χ0n) is 10.7. The van der Waals surface area contributed by atoms with Gasteiger partial charge in [0.2, 0.25) is 0 Å². The lowest BCUT2D eigenvalue weighted by Gasteiger charge is -2.31. The Morgan fingerprint density at radius 2 is 2.16 bits per heavy atom. The summed E-state index contributed by atoms with van der Waals surface area (Å²) in [7, 11) is 0. The van der Waals surface area contributed by atoms with Crippen LogP contribution in [0.25, 0.3) is 0 Å². The van der Waals surface area contributed by atoms with Crippen LogP contribution < -0.4 is 0 Å². The van der Waals surface area contributed by atoms with Gasteiger partial charge >= 0.3 is 5.97 Å². The molecule has 0 aliphatic carbocycles. The maximum absolute atomic E-state index is 13.0. The van der Waals surface area contributed by atoms with Crippen LogP contribution in [0, 0.1) is 18.7 Å². The monoisotopic (exact) mass is 265 g/mol. The number of carboxylic acid groups (broad SMARTS) is 1. The lowest BCUT2D eigenvalue weighted by Crippen LogP contribution is -2.42. The average Bonchev–Trinajstić information content (AvgIpc) is 2.38. The van der Waals surface area contributed by atoms with Crippen LogP contribution in [0.3, 0.4) is 0 Å². The molecule has 0 aromatic heterocycles. The van der Waals surface area contributed by atoms with Gasteiger partial charge in [0.25, 0.3) is 5.91 Å². The third kappa shape index (κ3) is 2.92. The topological polar surface area (TPSA) is 57.6 Å². The number of aryl methyl sites for hydroxylation is 1. The lowest BCUT2D eigenvalue weighted by atomic mass is 9.97. The molecule has 0 radical (unpaired) electrons. The van der Waals surface area contributed by atoms with E-state index in [1.165, 1.54) is 18.2 Å². The van der Waals surface area contributed by atoms with Crippen LogP contribution in [0.4, 0.5) is 4.39 Å². The van der Waals surface area contributed by atoms with Gasteiger partial charge in [0.05, 0.1) is 5.92 Å². The first kappa shape index (κ1) is 13.5. The smallest absolute Gasteiger partial charge is 0.308 e. The van der Waals surface area contributed by atoms with Crippen LogP contribution in [0.2, 0.25) is 0 Å². The third-order valence-corrected chi connectivity index (χ3v) is 3.48. The van der Waals surface area contributed by atoms with E-state index in [1.807, 2.05) is 0 Å². The number of piperidine rings is 1. The van der Waals surface area contributed by atoms with Gasteiger partial charge in [-0.05, 0) is 43.5 Å². The number of hydrogen-bond donors (Lipinski definition) is 1. The fraction of sp³-hybridized carbons (Fsp3) is 0.429. The molecule has 4 nitrogen and oxygen atoms in total. The molecular formula is C14H16FNO3. The predicted octanol–water partition coefficient (Wildman–Crippen LogP) is 2.07. The van der Waals surface area contributed by atoms with Crippen molar-refractivity contribution in [1.29, 1.82) is 0 Å². The maximum atomic E-state index is 13.0. The van der Waals surface area contributed by atoms with Crippen molar-refractivity contribution in [2.75, 3.05) is 13.1 Å². The normalized spacial score (nSPS) is 19.3. The summed E-state index contributed by atoms with van der Waals surface area (Å²) in [4.78, 5) is 24.8. The Morgan fingerprint density at radius 3 is 2.79 bits per heavy atom. The number of benzene rings is 1. The number of aliphatic carboxylic acids is 1. The zero-order chi connectivity index (χ0) is 14.0. The predicted molar refractivity (Wildman–Crippen MR) is 67.4 cm³/mol. The number of likely N-dealkylation sites (tertiary alicyclic amines) is 1. The molecule has 1 N–H and O–H groups in total. The van der Waals surface area contributed by atoms with Crippen LogP contribution in [0.15, 0.2) is 18.2 Å². The van der Waals surface area contributed by atoms with Crippen molar-refractivity contribution in [2.45, 2.75) is 19.8 Å². The second kappa shape index (κ2) is 5.38. The summed E-state index contributed by atoms with van der Waals surface area (Å²) in [6.07, 6.45) is 1.28. The first-order valence-corrected chi connectivity index (χ1v) is 6.27. The maximum Gasteiger partial charge on any atom is 0.308 e. The van der Waals surface area contributed by atoms with Gasteiger partial charge < -0.3 is 10.0 Å². The summed E-state index contributed by atoms with van der Waals surface area (Å²) in [6.45, 7) is 2.46. The molecule has 1 aromatic rings. The Labute approximate surface area is 110 Å². The van der Waals surface area contributed by atoms with E-state index in [9.17, 15) is 14.0 Å². The number of rotatable bonds is 2. The fourth-order valence-electron chi connectivity index (χ4n) is 2.40. The summed E-state index contributed by atoms with van der Waals surface area (Å²) in [5.74, 6) is -1.97. The van der Waals surface area contributed by atoms with Gasteiger partial charge in [-0.2, -0.15) is 0 Å². The summed E-state index contributed by atoms with van der Waals surface area (Å²) < 4.78 is 13.0. The fourth-order valence-corrected chi connectivity index (χ4v) is 2.40. The Hall–Kier alpha value is -1.91. The summed E-state index contributed by atoms with van der Waals surface area (Å²) in [5.41, 5.74) is 1.01. The molecule has 102 valence electrons. The van der Waals surface area contributed by atoms with Gasteiger partial charge in [0, 0.05) is 18.7 Å². The molecule has 1 saturated heterocycles. The average molecular weight is 265 g/mol. The molecule has 1 aromatic carbocycles. The standard InChI is InChI=1S/C14H16FNO3/c1-9-7-11(15)4-5-12(9)13(17)16-6-2-3-10(8-16)14(18)19/h4-5,7,10H,2-3,6,8H2,1H3,(H,18,19). The molecule has 0 bridgehead atoms. The van der Waals surface area contributed by atoms with Crippen LogP contribution in [-0.2, 0) is 4.79 Å². The Kier molecular flexibility index (Phi) is 3.83. The van der Waals surface area contributed by atoms with E-state index in [1.54, 1.807) is 11.8 Å². The van der Waals surface area contributed by atoms with E-state index in [-0.39, 0.29) is 18.3 Å². The van der Waals surface area contributed by atoms with Gasteiger partial charge in [-0.1, -0.05) is 0 Å². The zero-order valence-corrected chi connectivity index (χ0v) is 10.7. The minimum atomic E-state index is -0.867. The molecule has 5 heteroatoms. The van der Waals surface area contributed by atoms with Crippen molar-refractivity contribution in [3.8, 4) is 0 Å². The highest BCUT2D eigenvalue weighted by atomic mass is 19.1. The SMILES string of the molecule is Cc1cc(F)ccc1C(=O)N1CCCC(C(=O)O)C1. The van der Waals surface area contributed by atoms with E-state index in [4.69, 9.17) is 5.11 Å². The van der Waals surface area contributed by atoms with E-state index < -0.39 is 11.9 Å². The highest BCUT2D eigenvalue weighted by Crippen LogP contribution is 2.20. The lowest BCUT2D eigenvalue weighted by molar-refractivity contribution is -0.143. The molecule has 1 aliphatic rings. The Bertz CT molecular complexity index is 515. The van der Waals surface area contributed by atoms with Crippen molar-refractivity contribution in [3.05, 3.63) is 35.1 Å². The van der Waals surface area contributed by atoms with Gasteiger partial charge in [-0.3, -0.25) is 9.59 Å². The highest BCUT2D eigenvalue weighted by molar-refractivity contribution is 5.96. The number of carbonyl (C=O) groups excluding carboxylic acids is 1. The van der Waals surface area contributed by atoms with Crippen molar-refractivity contribution >= 4 is 11.9 Å². The van der Waals surface area contributed by atoms with Crippen LogP contribution in [-0.4, -0.2) is 35.0 Å². The quantitative estimate of drug-likeness (QED) is 0.890. The molecule has 1 amide bonds. The van der Waals surface area contributed by atoms with Crippen molar-refractivity contribution < 1.29 is 19.1 Å². The van der Waals surface area contributed by atoms with Crippen molar-refractivity contribution in [3.63, 3.8) is 0 Å². The third-order valence-electron chi connectivity index (χ3n) is 3.48. The second-order valence-electron chi connectivity index (χ2n) is 4.89. The van der Waals surface area contributed by atoms with E-state index in [0.717, 1.165) is 0 Å². The highest BCUT2D eigenvalue weighted by Gasteiger charge is 2.29. The molecule has 1 fully saturated rings. The number of hydrogen-bond acceptors (Lipinski definition) is 2. The minimum absolute atomic E-state index is 0.219. The van der Waals surface area contributed by atoms with E-state index in [2.05, 4.69) is 0 Å². The van der Waals surface area contributed by atoms with Gasteiger partial charge in [-0.15, -0.1) is 0 Å². The van der Waals surface area contributed by atoms with Crippen LogP contribution >= 0.6 is 0 Å². The van der Waals surface area contributed by atoms with E-state index >= 15 is 0 Å². The van der Waals surface area contributed by atoms with Gasteiger partial charge in [0.15, 0.2) is 0 Å². The first-order valence-electron chi connectivity index (χ1n) is 6.27. The first-order chi connectivity index (χ1) is 8.99. The molecule has 1 atom stereocenters. The Morgan fingerprint density at radius 1 is 1.42 bits per heavy atom. The molecule has 1 heterocycles. The molecule has 0 saturated carbocycles. The minimum Gasteiger partial charge on any atom is -0.481 e. The van der Waals surface area contributed by atoms with Gasteiger partial charge in [-0.25, -0.2) is 4.39 Å². The summed E-state index contributed by atoms with van der Waals surface area (Å²) in [5, 5.41) is 9.01. The molecule has 1 aliphatic heterocycles. The van der Waals surface area contributed by atoms with Gasteiger partial charge in [0.1, 0.15) is 5.82 Å². The number of nitrogens with zero attached hydrogens (tertiary/aromatic N) is 1. The number of amides is 1. The summed E-state index contributed by atoms with van der Waals surface area (Å²) in [6, 6.07) is 4.02. The number of halogens is 1. The second-order valence-corrected chi connectivity index (χ2v) is 4.89. The Balaban J connectivity index is 2.17. The summed E-state index contributed by atoms with van der Waals surface area (Å²) >= 11 is 0. The molecule has 0 spiro atoms. The molecule has 1 unspecified atom stereocenters. The van der Waals surface area contributed by atoms with Crippen molar-refractivity contribution in [2.24, 2.45) is 5.92 Å². The van der Waals surface area contributed by atoms with Crippen LogP contribution in [0.5, 0.6) is 0 Å². The molecule has 2 rings (SSSR count). The van der Waals surface area contributed by atoms with Crippen LogP contribution in [0.1, 0.15) is 28.8 Å². The largest absolute Gasteiger partial charge is 0.481 e. The number of carbonyl (C=O) groups is 2. The van der Waals surface area contributed by atoms with E-state index in [0.29, 0.717) is 30.5 Å². The molecular weight excluding hydrogens is 249 g/mol. The van der Waals surface area contributed by atoms with Crippen molar-refractivity contribution in [1.82, 2.24) is 4.90 Å².